The van der Waals surface area contributed by atoms with Crippen molar-refractivity contribution in [2.45, 2.75) is 40.5 Å². The SMILES string of the molecule is CCNc1nc(Cc2nc(C)cs2)nc(C)c1CC. The molecule has 0 aliphatic heterocycles. The Labute approximate surface area is 118 Å². The number of hydrogen-bond donors (Lipinski definition) is 1. The van der Waals surface area contributed by atoms with Crippen molar-refractivity contribution in [3.05, 3.63) is 33.2 Å². The third kappa shape index (κ3) is 3.29. The van der Waals surface area contributed by atoms with Crippen molar-refractivity contribution in [2.24, 2.45) is 0 Å². The molecule has 0 aliphatic rings. The lowest BCUT2D eigenvalue weighted by atomic mass is 10.1. The van der Waals surface area contributed by atoms with E-state index in [1.807, 2.05) is 6.92 Å². The minimum Gasteiger partial charge on any atom is -0.370 e. The number of aryl methyl sites for hydroxylation is 2. The zero-order valence-corrected chi connectivity index (χ0v) is 12.8. The predicted molar refractivity (Wildman–Crippen MR) is 80.0 cm³/mol. The molecule has 0 saturated heterocycles. The van der Waals surface area contributed by atoms with E-state index in [9.17, 15) is 0 Å². The van der Waals surface area contributed by atoms with Gasteiger partial charge in [0.25, 0.3) is 0 Å². The van der Waals surface area contributed by atoms with Crippen LogP contribution in [0.3, 0.4) is 0 Å². The molecule has 2 aromatic rings. The van der Waals surface area contributed by atoms with E-state index in [2.05, 4.69) is 46.4 Å². The van der Waals surface area contributed by atoms with Gasteiger partial charge in [-0.3, -0.25) is 0 Å². The van der Waals surface area contributed by atoms with Crippen LogP contribution in [0.2, 0.25) is 0 Å². The van der Waals surface area contributed by atoms with Crippen molar-refractivity contribution < 1.29 is 0 Å². The molecule has 0 saturated carbocycles. The van der Waals surface area contributed by atoms with Crippen LogP contribution in [-0.2, 0) is 12.8 Å². The lowest BCUT2D eigenvalue weighted by molar-refractivity contribution is 0.895. The molecule has 102 valence electrons. The number of thiazole rings is 1. The first-order chi connectivity index (χ1) is 9.13. The first-order valence-corrected chi connectivity index (χ1v) is 7.53. The summed E-state index contributed by atoms with van der Waals surface area (Å²) in [6.45, 7) is 9.16. The Bertz CT molecular complexity index is 563. The van der Waals surface area contributed by atoms with Crippen LogP contribution in [-0.4, -0.2) is 21.5 Å². The summed E-state index contributed by atoms with van der Waals surface area (Å²) in [5, 5.41) is 6.47. The van der Waals surface area contributed by atoms with E-state index in [0.29, 0.717) is 6.42 Å². The first-order valence-electron chi connectivity index (χ1n) is 6.65. The van der Waals surface area contributed by atoms with E-state index in [-0.39, 0.29) is 0 Å². The minimum absolute atomic E-state index is 0.710. The summed E-state index contributed by atoms with van der Waals surface area (Å²) in [6, 6.07) is 0. The van der Waals surface area contributed by atoms with Crippen molar-refractivity contribution in [2.75, 3.05) is 11.9 Å². The Hall–Kier alpha value is -1.49. The number of nitrogens with one attached hydrogen (secondary N) is 1. The van der Waals surface area contributed by atoms with Crippen LogP contribution in [0.15, 0.2) is 5.38 Å². The maximum Gasteiger partial charge on any atom is 0.137 e. The Kier molecular flexibility index (Phi) is 4.47. The topological polar surface area (TPSA) is 50.7 Å². The van der Waals surface area contributed by atoms with E-state index in [1.165, 1.54) is 5.56 Å². The number of hydrogen-bond acceptors (Lipinski definition) is 5. The Morgan fingerprint density at radius 1 is 1.16 bits per heavy atom. The van der Waals surface area contributed by atoms with Gasteiger partial charge in [-0.15, -0.1) is 11.3 Å². The highest BCUT2D eigenvalue weighted by Crippen LogP contribution is 2.19. The molecule has 4 nitrogen and oxygen atoms in total. The molecule has 0 amide bonds. The fraction of sp³-hybridized carbons (Fsp3) is 0.500. The molecule has 1 N–H and O–H groups in total. The summed E-state index contributed by atoms with van der Waals surface area (Å²) in [5.41, 5.74) is 3.34. The first kappa shape index (κ1) is 13.9. The predicted octanol–water partition coefficient (Wildman–Crippen LogP) is 3.13. The maximum absolute atomic E-state index is 4.64. The summed E-state index contributed by atoms with van der Waals surface area (Å²) in [4.78, 5) is 13.7. The van der Waals surface area contributed by atoms with Crippen LogP contribution < -0.4 is 5.32 Å². The van der Waals surface area contributed by atoms with Crippen LogP contribution in [0.1, 0.15) is 41.6 Å². The summed E-state index contributed by atoms with van der Waals surface area (Å²) < 4.78 is 0. The average Bonchev–Trinajstić information content (AvgIpc) is 2.75. The summed E-state index contributed by atoms with van der Waals surface area (Å²) >= 11 is 1.67. The number of nitrogens with zero attached hydrogens (tertiary/aromatic N) is 3. The van der Waals surface area contributed by atoms with E-state index >= 15 is 0 Å². The largest absolute Gasteiger partial charge is 0.370 e. The molecule has 0 radical (unpaired) electrons. The number of rotatable bonds is 5. The van der Waals surface area contributed by atoms with Crippen molar-refractivity contribution in [1.82, 2.24) is 15.0 Å². The second-order valence-corrected chi connectivity index (χ2v) is 5.44. The highest BCUT2D eigenvalue weighted by molar-refractivity contribution is 7.09. The fourth-order valence-corrected chi connectivity index (χ4v) is 2.86. The van der Waals surface area contributed by atoms with Gasteiger partial charge in [0, 0.05) is 28.9 Å². The van der Waals surface area contributed by atoms with Gasteiger partial charge in [0.2, 0.25) is 0 Å². The van der Waals surface area contributed by atoms with Crippen LogP contribution >= 0.6 is 11.3 Å². The highest BCUT2D eigenvalue weighted by atomic mass is 32.1. The third-order valence-electron chi connectivity index (χ3n) is 2.93. The molecular weight excluding hydrogens is 256 g/mol. The van der Waals surface area contributed by atoms with Gasteiger partial charge in [0.15, 0.2) is 0 Å². The smallest absolute Gasteiger partial charge is 0.137 e. The molecule has 2 rings (SSSR count). The van der Waals surface area contributed by atoms with Crippen LogP contribution in [0.25, 0.3) is 0 Å². The van der Waals surface area contributed by atoms with Gasteiger partial charge in [-0.05, 0) is 27.2 Å². The molecule has 0 fully saturated rings. The van der Waals surface area contributed by atoms with Crippen molar-refractivity contribution >= 4 is 17.2 Å². The normalized spacial score (nSPS) is 10.7. The van der Waals surface area contributed by atoms with Gasteiger partial charge < -0.3 is 5.32 Å². The van der Waals surface area contributed by atoms with Gasteiger partial charge >= 0.3 is 0 Å². The standard InChI is InChI=1S/C14H20N4S/c1-5-11-10(4)17-12(18-14(11)15-6-2)7-13-16-9(3)8-19-13/h8H,5-7H2,1-4H3,(H,15,17,18). The second kappa shape index (κ2) is 6.10. The molecule has 0 atom stereocenters. The minimum atomic E-state index is 0.710. The molecule has 19 heavy (non-hydrogen) atoms. The molecule has 0 spiro atoms. The average molecular weight is 276 g/mol. The Morgan fingerprint density at radius 2 is 1.95 bits per heavy atom. The number of aromatic nitrogens is 3. The molecule has 0 unspecified atom stereocenters. The molecule has 5 heteroatoms. The summed E-state index contributed by atoms with van der Waals surface area (Å²) in [5.74, 6) is 1.82. The van der Waals surface area contributed by atoms with Gasteiger partial charge in [-0.2, -0.15) is 0 Å². The molecule has 2 aromatic heterocycles. The monoisotopic (exact) mass is 276 g/mol. The molecular formula is C14H20N4S. The lowest BCUT2D eigenvalue weighted by Crippen LogP contribution is -2.10. The molecule has 0 aliphatic carbocycles. The van der Waals surface area contributed by atoms with Crippen LogP contribution in [0.5, 0.6) is 0 Å². The zero-order chi connectivity index (χ0) is 13.8. The lowest BCUT2D eigenvalue weighted by Gasteiger charge is -2.12. The summed E-state index contributed by atoms with van der Waals surface area (Å²) in [7, 11) is 0. The van der Waals surface area contributed by atoms with E-state index in [1.54, 1.807) is 11.3 Å². The highest BCUT2D eigenvalue weighted by Gasteiger charge is 2.11. The number of anilines is 1. The Morgan fingerprint density at radius 3 is 2.53 bits per heavy atom. The quantitative estimate of drug-likeness (QED) is 0.911. The van der Waals surface area contributed by atoms with E-state index in [0.717, 1.165) is 41.0 Å². The van der Waals surface area contributed by atoms with Gasteiger partial charge in [-0.25, -0.2) is 15.0 Å². The fourth-order valence-electron chi connectivity index (χ4n) is 2.09. The van der Waals surface area contributed by atoms with Gasteiger partial charge in [0.1, 0.15) is 16.6 Å². The van der Waals surface area contributed by atoms with Crippen LogP contribution in [0.4, 0.5) is 5.82 Å². The third-order valence-corrected chi connectivity index (χ3v) is 3.90. The Balaban J connectivity index is 2.30. The van der Waals surface area contributed by atoms with Crippen molar-refractivity contribution in [3.63, 3.8) is 0 Å². The second-order valence-electron chi connectivity index (χ2n) is 4.50. The van der Waals surface area contributed by atoms with Crippen molar-refractivity contribution in [1.29, 1.82) is 0 Å². The molecule has 0 bridgehead atoms. The van der Waals surface area contributed by atoms with Gasteiger partial charge in [0.05, 0.1) is 6.42 Å². The maximum atomic E-state index is 4.64. The van der Waals surface area contributed by atoms with E-state index in [4.69, 9.17) is 0 Å². The summed E-state index contributed by atoms with van der Waals surface area (Å²) in [6.07, 6.45) is 1.66. The molecule has 0 aromatic carbocycles. The van der Waals surface area contributed by atoms with E-state index < -0.39 is 0 Å². The van der Waals surface area contributed by atoms with Gasteiger partial charge in [-0.1, -0.05) is 6.92 Å². The molecule has 2 heterocycles. The van der Waals surface area contributed by atoms with Crippen LogP contribution in [0, 0.1) is 13.8 Å². The van der Waals surface area contributed by atoms with Crippen molar-refractivity contribution in [3.8, 4) is 0 Å². The zero-order valence-electron chi connectivity index (χ0n) is 11.9.